The molecule has 0 spiro atoms. The third kappa shape index (κ3) is 68.4. The van der Waals surface area contributed by atoms with Crippen molar-refractivity contribution in [3.05, 3.63) is 0 Å². The molecule has 93 heavy (non-hydrogen) atoms. The van der Waals surface area contributed by atoms with E-state index in [-0.39, 0.29) is 25.7 Å². The Balaban J connectivity index is 5.20. The maximum atomic E-state index is 13.1. The van der Waals surface area contributed by atoms with Gasteiger partial charge in [0.1, 0.15) is 19.3 Å². The zero-order valence-corrected chi connectivity index (χ0v) is 62.7. The number of esters is 4. The van der Waals surface area contributed by atoms with E-state index in [4.69, 9.17) is 37.0 Å². The fourth-order valence-electron chi connectivity index (χ4n) is 11.2. The summed E-state index contributed by atoms with van der Waals surface area (Å²) in [5, 5.41) is 10.6. The summed E-state index contributed by atoms with van der Waals surface area (Å²) in [4.78, 5) is 72.6. The molecule has 5 atom stereocenters. The maximum absolute atomic E-state index is 13.1. The lowest BCUT2D eigenvalue weighted by atomic mass is 10.0. The van der Waals surface area contributed by atoms with Crippen molar-refractivity contribution in [1.82, 2.24) is 0 Å². The predicted molar refractivity (Wildman–Crippen MR) is 377 cm³/mol. The van der Waals surface area contributed by atoms with Crippen molar-refractivity contribution in [3.63, 3.8) is 0 Å². The van der Waals surface area contributed by atoms with E-state index in [1.807, 2.05) is 0 Å². The average Bonchev–Trinajstić information content (AvgIpc) is 3.09. The Morgan fingerprint density at radius 3 is 0.667 bits per heavy atom. The third-order valence-electron chi connectivity index (χ3n) is 17.1. The Bertz CT molecular complexity index is 1830. The van der Waals surface area contributed by atoms with Gasteiger partial charge in [0.25, 0.3) is 0 Å². The van der Waals surface area contributed by atoms with Gasteiger partial charge in [0, 0.05) is 25.7 Å². The Morgan fingerprint density at radius 1 is 0.269 bits per heavy atom. The molecule has 0 rings (SSSR count). The van der Waals surface area contributed by atoms with Gasteiger partial charge in [-0.05, 0) is 49.4 Å². The molecule has 0 aliphatic heterocycles. The summed E-state index contributed by atoms with van der Waals surface area (Å²) in [5.41, 5.74) is 0. The van der Waals surface area contributed by atoms with Crippen LogP contribution in [0.4, 0.5) is 0 Å². The van der Waals surface area contributed by atoms with Gasteiger partial charge in [-0.2, -0.15) is 0 Å². The molecule has 3 unspecified atom stereocenters. The SMILES string of the molecule is CC(C)CCCCCCCCCCCCCCCCCCC(=O)OC[C@H](COP(=O)(O)OCC(O)COP(=O)(O)OC[C@@H](COC(=O)CCCCCCCCCCC(C)C)OC(=O)CCCCCCCCC(C)C)OC(=O)CCCCCCCCCCCCCC(C)C. The monoisotopic (exact) mass is 1370 g/mol. The molecule has 19 heteroatoms. The van der Waals surface area contributed by atoms with E-state index in [2.05, 4.69) is 55.4 Å². The largest absolute Gasteiger partial charge is 0.472 e. The van der Waals surface area contributed by atoms with Crippen LogP contribution in [0.25, 0.3) is 0 Å². The first-order valence-electron chi connectivity index (χ1n) is 38.2. The molecule has 0 heterocycles. The molecule has 0 aliphatic carbocycles. The van der Waals surface area contributed by atoms with Gasteiger partial charge in [0.2, 0.25) is 0 Å². The van der Waals surface area contributed by atoms with Gasteiger partial charge in [0.05, 0.1) is 26.4 Å². The minimum Gasteiger partial charge on any atom is -0.462 e. The molecule has 0 bridgehead atoms. The summed E-state index contributed by atoms with van der Waals surface area (Å²) in [6, 6.07) is 0. The summed E-state index contributed by atoms with van der Waals surface area (Å²) in [7, 11) is -9.91. The number of phosphoric ester groups is 2. The van der Waals surface area contributed by atoms with Crippen molar-refractivity contribution in [1.29, 1.82) is 0 Å². The standard InChI is InChI=1S/C74H144O17P2/c1-64(2)50-42-34-26-20-16-13-11-9-10-12-14-18-22-29-38-46-54-71(76)84-60-69(90-73(78)56-48-40-31-23-19-15-17-21-27-35-43-51-65(3)4)62-88-92(80,81)86-58-68(75)59-87-93(82,83)89-63-70(91-74(79)57-49-41-33-32-37-45-53-67(7)8)61-85-72(77)55-47-39-30-25-24-28-36-44-52-66(5)6/h64-70,75H,9-63H2,1-8H3,(H,80,81)(H,82,83)/t68?,69-,70-/m1/s1. The normalized spacial score (nSPS) is 14.2. The van der Waals surface area contributed by atoms with Crippen LogP contribution >= 0.6 is 15.6 Å². The molecule has 0 aromatic heterocycles. The molecular formula is C74H144O17P2. The first-order valence-corrected chi connectivity index (χ1v) is 41.2. The lowest BCUT2D eigenvalue weighted by Crippen LogP contribution is -2.30. The molecule has 0 aliphatic rings. The van der Waals surface area contributed by atoms with Crippen LogP contribution in [0.15, 0.2) is 0 Å². The van der Waals surface area contributed by atoms with Gasteiger partial charge in [-0.3, -0.25) is 37.3 Å². The molecule has 0 fully saturated rings. The molecule has 0 radical (unpaired) electrons. The van der Waals surface area contributed by atoms with Gasteiger partial charge in [-0.1, -0.05) is 319 Å². The number of hydrogen-bond donors (Lipinski definition) is 3. The van der Waals surface area contributed by atoms with Gasteiger partial charge in [-0.15, -0.1) is 0 Å². The van der Waals surface area contributed by atoms with Crippen LogP contribution in [0.1, 0.15) is 370 Å². The highest BCUT2D eigenvalue weighted by Gasteiger charge is 2.30. The first-order chi connectivity index (χ1) is 44.6. The lowest BCUT2D eigenvalue weighted by Gasteiger charge is -2.21. The van der Waals surface area contributed by atoms with Gasteiger partial charge < -0.3 is 33.8 Å². The number of carbonyl (C=O) groups is 4. The third-order valence-corrected chi connectivity index (χ3v) is 19.0. The highest BCUT2D eigenvalue weighted by molar-refractivity contribution is 7.47. The number of carbonyl (C=O) groups excluding carboxylic acids is 4. The van der Waals surface area contributed by atoms with E-state index in [1.165, 1.54) is 173 Å². The Hall–Kier alpha value is -1.94. The van der Waals surface area contributed by atoms with Crippen LogP contribution in [-0.2, 0) is 65.4 Å². The van der Waals surface area contributed by atoms with Crippen molar-refractivity contribution in [2.24, 2.45) is 23.7 Å². The number of phosphoric acid groups is 2. The molecule has 0 saturated heterocycles. The van der Waals surface area contributed by atoms with Gasteiger partial charge in [0.15, 0.2) is 12.2 Å². The highest BCUT2D eigenvalue weighted by atomic mass is 31.2. The fourth-order valence-corrected chi connectivity index (χ4v) is 12.8. The lowest BCUT2D eigenvalue weighted by molar-refractivity contribution is -0.161. The number of aliphatic hydroxyl groups is 1. The highest BCUT2D eigenvalue weighted by Crippen LogP contribution is 2.45. The van der Waals surface area contributed by atoms with Crippen molar-refractivity contribution in [3.8, 4) is 0 Å². The van der Waals surface area contributed by atoms with Crippen LogP contribution in [0.5, 0.6) is 0 Å². The van der Waals surface area contributed by atoms with E-state index in [0.717, 1.165) is 108 Å². The molecule has 0 amide bonds. The maximum Gasteiger partial charge on any atom is 0.472 e. The minimum absolute atomic E-state index is 0.101. The quantitative estimate of drug-likeness (QED) is 0.0222. The summed E-state index contributed by atoms with van der Waals surface area (Å²) >= 11 is 0. The number of unbranched alkanes of at least 4 members (excludes halogenated alkanes) is 37. The summed E-state index contributed by atoms with van der Waals surface area (Å²) in [6.45, 7) is 14.1. The van der Waals surface area contributed by atoms with Crippen LogP contribution < -0.4 is 0 Å². The summed E-state index contributed by atoms with van der Waals surface area (Å²) in [5.74, 6) is 0.845. The van der Waals surface area contributed by atoms with Crippen molar-refractivity contribution in [2.45, 2.75) is 388 Å². The van der Waals surface area contributed by atoms with Crippen molar-refractivity contribution < 1.29 is 80.2 Å². The zero-order valence-electron chi connectivity index (χ0n) is 60.9. The average molecular weight is 1370 g/mol. The van der Waals surface area contributed by atoms with E-state index >= 15 is 0 Å². The summed E-state index contributed by atoms with van der Waals surface area (Å²) in [6.07, 6.45) is 47.5. The topological polar surface area (TPSA) is 237 Å². The second kappa shape index (κ2) is 63.5. The second-order valence-electron chi connectivity index (χ2n) is 28.6. The molecule has 552 valence electrons. The Morgan fingerprint density at radius 2 is 0.452 bits per heavy atom. The van der Waals surface area contributed by atoms with Gasteiger partial charge in [-0.25, -0.2) is 9.13 Å². The number of rotatable bonds is 71. The molecule has 17 nitrogen and oxygen atoms in total. The number of aliphatic hydroxyl groups excluding tert-OH is 1. The molecule has 0 saturated carbocycles. The van der Waals surface area contributed by atoms with E-state index < -0.39 is 97.5 Å². The predicted octanol–water partition coefficient (Wildman–Crippen LogP) is 21.3. The molecule has 3 N–H and O–H groups in total. The molecular weight excluding hydrogens is 1220 g/mol. The minimum atomic E-state index is -4.96. The van der Waals surface area contributed by atoms with Crippen LogP contribution in [0.2, 0.25) is 0 Å². The molecule has 0 aromatic rings. The van der Waals surface area contributed by atoms with Crippen molar-refractivity contribution >= 4 is 39.5 Å². The smallest absolute Gasteiger partial charge is 0.462 e. The Kier molecular flexibility index (Phi) is 62.2. The first kappa shape index (κ1) is 91.1. The van der Waals surface area contributed by atoms with Gasteiger partial charge >= 0.3 is 39.5 Å². The number of ether oxygens (including phenoxy) is 4. The van der Waals surface area contributed by atoms with E-state index in [9.17, 15) is 43.2 Å². The van der Waals surface area contributed by atoms with Crippen LogP contribution in [0.3, 0.4) is 0 Å². The van der Waals surface area contributed by atoms with Crippen LogP contribution in [-0.4, -0.2) is 96.7 Å². The van der Waals surface area contributed by atoms with E-state index in [0.29, 0.717) is 31.6 Å². The van der Waals surface area contributed by atoms with Crippen LogP contribution in [0, 0.1) is 23.7 Å². The Labute approximate surface area is 568 Å². The van der Waals surface area contributed by atoms with Crippen molar-refractivity contribution in [2.75, 3.05) is 39.6 Å². The zero-order chi connectivity index (χ0) is 68.9. The molecule has 0 aromatic carbocycles. The van der Waals surface area contributed by atoms with E-state index in [1.54, 1.807) is 0 Å². The number of hydrogen-bond acceptors (Lipinski definition) is 15. The fraction of sp³-hybridized carbons (Fsp3) is 0.946. The second-order valence-corrected chi connectivity index (χ2v) is 31.5. The summed E-state index contributed by atoms with van der Waals surface area (Å²) < 4.78 is 68.4.